The minimum Gasteiger partial charge on any atom is -0.478 e. The molecular formula is C6H7ClO4. The van der Waals surface area contributed by atoms with Crippen molar-refractivity contribution in [2.24, 2.45) is 0 Å². The molecule has 11 heavy (non-hydrogen) atoms. The standard InChI is InChI=1S/C6H7ClO4/c7-3-6(5(9)10)2-1-4(8)11-6/h1-3H2,(H,9,10)/t6-/m1/s1. The molecule has 0 aromatic heterocycles. The summed E-state index contributed by atoms with van der Waals surface area (Å²) in [6.45, 7) is 0. The number of carboxylic acids is 1. The lowest BCUT2D eigenvalue weighted by molar-refractivity contribution is -0.167. The summed E-state index contributed by atoms with van der Waals surface area (Å²) < 4.78 is 4.59. The van der Waals surface area contributed by atoms with Crippen molar-refractivity contribution >= 4 is 23.5 Å². The smallest absolute Gasteiger partial charge is 0.349 e. The van der Waals surface area contributed by atoms with E-state index in [2.05, 4.69) is 4.74 Å². The Balaban J connectivity index is 2.78. The van der Waals surface area contributed by atoms with E-state index in [1.807, 2.05) is 0 Å². The fraction of sp³-hybridized carbons (Fsp3) is 0.667. The third-order valence-corrected chi connectivity index (χ3v) is 2.08. The van der Waals surface area contributed by atoms with Gasteiger partial charge in [-0.15, -0.1) is 11.6 Å². The summed E-state index contributed by atoms with van der Waals surface area (Å²) >= 11 is 5.37. The third-order valence-electron chi connectivity index (χ3n) is 1.65. The quantitative estimate of drug-likeness (QED) is 0.491. The Morgan fingerprint density at radius 3 is 2.64 bits per heavy atom. The van der Waals surface area contributed by atoms with Gasteiger partial charge in [-0.3, -0.25) is 4.79 Å². The van der Waals surface area contributed by atoms with E-state index in [0.717, 1.165) is 0 Å². The van der Waals surface area contributed by atoms with Crippen molar-refractivity contribution in [3.63, 3.8) is 0 Å². The molecule has 1 heterocycles. The number of hydrogen-bond donors (Lipinski definition) is 1. The van der Waals surface area contributed by atoms with Crippen molar-refractivity contribution in [2.75, 3.05) is 5.88 Å². The molecule has 0 spiro atoms. The van der Waals surface area contributed by atoms with Crippen molar-refractivity contribution in [2.45, 2.75) is 18.4 Å². The summed E-state index contributed by atoms with van der Waals surface area (Å²) in [5.74, 6) is -1.85. The summed E-state index contributed by atoms with van der Waals surface area (Å²) in [5, 5.41) is 8.62. The average molecular weight is 179 g/mol. The van der Waals surface area contributed by atoms with Crippen LogP contribution in [0.5, 0.6) is 0 Å². The highest BCUT2D eigenvalue weighted by Gasteiger charge is 2.46. The molecule has 0 radical (unpaired) electrons. The van der Waals surface area contributed by atoms with Gasteiger partial charge in [-0.2, -0.15) is 0 Å². The molecule has 1 aliphatic heterocycles. The van der Waals surface area contributed by atoms with Crippen LogP contribution in [-0.4, -0.2) is 28.5 Å². The molecule has 0 aromatic rings. The summed E-state index contributed by atoms with van der Waals surface area (Å²) in [5.41, 5.74) is -1.46. The first-order valence-corrected chi connectivity index (χ1v) is 3.65. The van der Waals surface area contributed by atoms with Crippen LogP contribution in [0.1, 0.15) is 12.8 Å². The predicted octanol–water partition coefficient (Wildman–Crippen LogP) is 0.386. The fourth-order valence-corrected chi connectivity index (χ4v) is 1.23. The van der Waals surface area contributed by atoms with Gasteiger partial charge >= 0.3 is 11.9 Å². The topological polar surface area (TPSA) is 63.6 Å². The molecule has 62 valence electrons. The number of carbonyl (C=O) groups is 2. The van der Waals surface area contributed by atoms with E-state index in [1.165, 1.54) is 0 Å². The van der Waals surface area contributed by atoms with E-state index in [0.29, 0.717) is 0 Å². The van der Waals surface area contributed by atoms with E-state index in [9.17, 15) is 9.59 Å². The third kappa shape index (κ3) is 1.30. The first kappa shape index (κ1) is 8.33. The molecule has 1 rings (SSSR count). The molecule has 1 N–H and O–H groups in total. The Kier molecular flexibility index (Phi) is 2.04. The van der Waals surface area contributed by atoms with Crippen molar-refractivity contribution in [1.29, 1.82) is 0 Å². The van der Waals surface area contributed by atoms with Crippen LogP contribution >= 0.6 is 11.6 Å². The van der Waals surface area contributed by atoms with Crippen molar-refractivity contribution in [3.8, 4) is 0 Å². The maximum absolute atomic E-state index is 10.6. The molecule has 5 heteroatoms. The van der Waals surface area contributed by atoms with Gasteiger partial charge in [-0.05, 0) is 0 Å². The molecule has 0 aromatic carbocycles. The number of halogens is 1. The monoisotopic (exact) mass is 178 g/mol. The second kappa shape index (κ2) is 2.70. The molecular weight excluding hydrogens is 172 g/mol. The van der Waals surface area contributed by atoms with Gasteiger partial charge in [-0.25, -0.2) is 4.79 Å². The minimum absolute atomic E-state index is 0.138. The lowest BCUT2D eigenvalue weighted by atomic mass is 10.0. The van der Waals surface area contributed by atoms with Crippen LogP contribution in [0.3, 0.4) is 0 Å². The highest BCUT2D eigenvalue weighted by molar-refractivity contribution is 6.20. The van der Waals surface area contributed by atoms with Gasteiger partial charge in [0.2, 0.25) is 5.60 Å². The number of cyclic esters (lactones) is 1. The second-order valence-corrected chi connectivity index (χ2v) is 2.67. The fourth-order valence-electron chi connectivity index (χ4n) is 0.926. The maximum Gasteiger partial charge on any atom is 0.349 e. The van der Waals surface area contributed by atoms with Crippen LogP contribution in [0.25, 0.3) is 0 Å². The molecule has 1 atom stereocenters. The average Bonchev–Trinajstić information content (AvgIpc) is 2.33. The molecule has 1 saturated heterocycles. The second-order valence-electron chi connectivity index (χ2n) is 2.41. The van der Waals surface area contributed by atoms with Crippen molar-refractivity contribution in [3.05, 3.63) is 0 Å². The lowest BCUT2D eigenvalue weighted by Crippen LogP contribution is -2.40. The normalized spacial score (nSPS) is 30.1. The van der Waals surface area contributed by atoms with Gasteiger partial charge < -0.3 is 9.84 Å². The Morgan fingerprint density at radius 1 is 1.82 bits per heavy atom. The van der Waals surface area contributed by atoms with Gasteiger partial charge in [0.1, 0.15) is 0 Å². The number of hydrogen-bond acceptors (Lipinski definition) is 3. The highest BCUT2D eigenvalue weighted by Crippen LogP contribution is 2.28. The van der Waals surface area contributed by atoms with Gasteiger partial charge in [0.05, 0.1) is 5.88 Å². The zero-order valence-electron chi connectivity index (χ0n) is 5.67. The van der Waals surface area contributed by atoms with Crippen molar-refractivity contribution in [1.82, 2.24) is 0 Å². The molecule has 0 bridgehead atoms. The number of alkyl halides is 1. The van der Waals surface area contributed by atoms with Gasteiger partial charge in [0.25, 0.3) is 0 Å². The van der Waals surface area contributed by atoms with Crippen LogP contribution in [0.15, 0.2) is 0 Å². The Bertz CT molecular complexity index is 203. The van der Waals surface area contributed by atoms with Crippen LogP contribution in [0.2, 0.25) is 0 Å². The lowest BCUT2D eigenvalue weighted by Gasteiger charge is -2.18. The number of carboxylic acid groups (broad SMARTS) is 1. The molecule has 4 nitrogen and oxygen atoms in total. The molecule has 1 aliphatic rings. The Morgan fingerprint density at radius 2 is 2.45 bits per heavy atom. The Hall–Kier alpha value is -0.770. The number of aliphatic carboxylic acids is 1. The largest absolute Gasteiger partial charge is 0.478 e. The first-order valence-electron chi connectivity index (χ1n) is 3.12. The SMILES string of the molecule is O=C1CC[C@@](CCl)(C(=O)O)O1. The highest BCUT2D eigenvalue weighted by atomic mass is 35.5. The summed E-state index contributed by atoms with van der Waals surface area (Å²) in [6.07, 6.45) is 0.309. The first-order chi connectivity index (χ1) is 5.10. The Labute approximate surface area is 68.1 Å². The number of rotatable bonds is 2. The number of carbonyl (C=O) groups excluding carboxylic acids is 1. The number of esters is 1. The van der Waals surface area contributed by atoms with E-state index in [-0.39, 0.29) is 18.7 Å². The zero-order chi connectivity index (χ0) is 8.48. The van der Waals surface area contributed by atoms with Gasteiger partial charge in [0.15, 0.2) is 0 Å². The predicted molar refractivity (Wildman–Crippen MR) is 36.4 cm³/mol. The molecule has 0 unspecified atom stereocenters. The van der Waals surface area contributed by atoms with E-state index < -0.39 is 17.5 Å². The van der Waals surface area contributed by atoms with E-state index in [4.69, 9.17) is 16.7 Å². The van der Waals surface area contributed by atoms with Gasteiger partial charge in [-0.1, -0.05) is 0 Å². The van der Waals surface area contributed by atoms with Crippen LogP contribution < -0.4 is 0 Å². The zero-order valence-corrected chi connectivity index (χ0v) is 6.43. The van der Waals surface area contributed by atoms with E-state index in [1.54, 1.807) is 0 Å². The molecule has 0 aliphatic carbocycles. The summed E-state index contributed by atoms with van der Waals surface area (Å²) in [7, 11) is 0. The van der Waals surface area contributed by atoms with E-state index >= 15 is 0 Å². The summed E-state index contributed by atoms with van der Waals surface area (Å²) in [4.78, 5) is 21.1. The molecule has 0 amide bonds. The van der Waals surface area contributed by atoms with Crippen molar-refractivity contribution < 1.29 is 19.4 Å². The molecule has 0 saturated carbocycles. The van der Waals surface area contributed by atoms with Crippen LogP contribution in [0.4, 0.5) is 0 Å². The van der Waals surface area contributed by atoms with Crippen LogP contribution in [-0.2, 0) is 14.3 Å². The van der Waals surface area contributed by atoms with Gasteiger partial charge in [0, 0.05) is 12.8 Å². The maximum atomic E-state index is 10.6. The van der Waals surface area contributed by atoms with Crippen LogP contribution in [0, 0.1) is 0 Å². The molecule has 1 fully saturated rings. The minimum atomic E-state index is -1.46. The number of ether oxygens (including phenoxy) is 1. The summed E-state index contributed by atoms with van der Waals surface area (Å²) in [6, 6.07) is 0.